The van der Waals surface area contributed by atoms with Gasteiger partial charge < -0.3 is 40.0 Å². The van der Waals surface area contributed by atoms with Crippen molar-refractivity contribution >= 4 is 49.7 Å². The number of allylic oxidation sites excluding steroid dienone is 2. The first-order chi connectivity index (χ1) is 25.9. The zero-order chi connectivity index (χ0) is 40.3. The number of carbonyl (C=O) groups is 2. The van der Waals surface area contributed by atoms with Crippen molar-refractivity contribution in [3.8, 4) is 22.1 Å². The number of hydrogen-bond donors (Lipinski definition) is 5. The summed E-state index contributed by atoms with van der Waals surface area (Å²) in [5.41, 5.74) is 1.28. The van der Waals surface area contributed by atoms with Gasteiger partial charge in [-0.1, -0.05) is 52.0 Å². The Kier molecular flexibility index (Phi) is 11.0. The average molecular weight is 773 g/mol. The molecule has 12 nitrogen and oxygen atoms in total. The van der Waals surface area contributed by atoms with Crippen molar-refractivity contribution in [1.82, 2.24) is 4.98 Å². The van der Waals surface area contributed by atoms with Crippen molar-refractivity contribution in [2.45, 2.75) is 85.6 Å². The third-order valence-corrected chi connectivity index (χ3v) is 12.4. The van der Waals surface area contributed by atoms with Gasteiger partial charge in [-0.05, 0) is 44.5 Å². The maximum absolute atomic E-state index is 14.5. The zero-order valence-corrected chi connectivity index (χ0v) is 33.1. The summed E-state index contributed by atoms with van der Waals surface area (Å²) in [7, 11) is 1.46. The fourth-order valence-electron chi connectivity index (χ4n) is 7.52. The number of anilines is 1. The molecule has 6 rings (SSSR count). The standard InChI is InChI=1S/C42H48N2O10S/c1-18-13-14-25-27(17-18)55-39-31(43-25)28-29-36(48)24(7)38-30(28)40(50)42(8,54-38)53-16-15-26(52-9)21(4)34(46)23(6)35(47)22(5)33(45)19(2)11-10-12-20(3)41(51)44-32(39)37(29)49/h10-17,19,21-23,26,33-35,45-48H,1-9H3,(H,44,51)/b11-10+,16-15+,20-12-/t19-,21+,22+,23-,26-,33-,34+,35+,42-/m0/s1. The van der Waals surface area contributed by atoms with Crippen LogP contribution in [0.4, 0.5) is 5.69 Å². The topological polar surface area (TPSA) is 185 Å². The van der Waals surface area contributed by atoms with E-state index in [1.54, 1.807) is 52.8 Å². The number of aliphatic hydroxyl groups is 3. The minimum absolute atomic E-state index is 0.00308. The second-order valence-electron chi connectivity index (χ2n) is 15.1. The Balaban J connectivity index is 1.59. The Bertz CT molecular complexity index is 2310. The number of ether oxygens (including phenoxy) is 3. The molecule has 9 atom stereocenters. The number of methoxy groups -OCH3 is 1. The van der Waals surface area contributed by atoms with Gasteiger partial charge in [0.2, 0.25) is 5.43 Å². The number of aromatic nitrogens is 1. The molecular formula is C42H48N2O10S. The quantitative estimate of drug-likeness (QED) is 0.110. The molecule has 0 saturated carbocycles. The first-order valence-corrected chi connectivity index (χ1v) is 19.1. The lowest BCUT2D eigenvalue weighted by Gasteiger charge is -2.36. The van der Waals surface area contributed by atoms with E-state index < -0.39 is 76.7 Å². The maximum atomic E-state index is 14.5. The van der Waals surface area contributed by atoms with Crippen LogP contribution in [0.25, 0.3) is 31.6 Å². The Hall–Kier alpha value is -4.66. The maximum Gasteiger partial charge on any atom is 0.312 e. The second-order valence-corrected chi connectivity index (χ2v) is 16.2. The number of carbonyl (C=O) groups excluding carboxylic acids is 2. The number of benzene rings is 3. The summed E-state index contributed by atoms with van der Waals surface area (Å²) >= 11 is 1.22. The van der Waals surface area contributed by atoms with Crippen LogP contribution in [-0.4, -0.2) is 74.4 Å². The van der Waals surface area contributed by atoms with Crippen molar-refractivity contribution in [2.75, 3.05) is 12.4 Å². The molecule has 4 bridgehead atoms. The Morgan fingerprint density at radius 2 is 1.60 bits per heavy atom. The highest BCUT2D eigenvalue weighted by molar-refractivity contribution is 7.22. The van der Waals surface area contributed by atoms with Gasteiger partial charge in [0.25, 0.3) is 11.7 Å². The number of aryl methyl sites for hydroxylation is 1. The van der Waals surface area contributed by atoms with Crippen molar-refractivity contribution < 1.29 is 44.2 Å². The SMILES string of the molecule is CO[C@H]1/C=C/O[C@@]2(C)Oc3c(C)c(O)c4c(=O)c(c5sc6cc(C)ccc6nc-5c4c3C2=O)NC(=O)/C(C)=C\C=C\[C@H](C)[C@H](O)[C@@H](C)[C@@H](O)[C@@H](C)[C@H](O)[C@@H]1C. The molecule has 3 aliphatic heterocycles. The molecule has 2 aromatic carbocycles. The molecule has 0 unspecified atom stereocenters. The number of nitrogens with zero attached hydrogens (tertiary/aromatic N) is 1. The van der Waals surface area contributed by atoms with Gasteiger partial charge in [0, 0.05) is 54.2 Å². The fraction of sp³-hybridized carbons (Fsp3) is 0.429. The third kappa shape index (κ3) is 6.93. The number of aliphatic hydroxyl groups excluding tert-OH is 3. The molecular weight excluding hydrogens is 725 g/mol. The minimum atomic E-state index is -1.95. The van der Waals surface area contributed by atoms with Crippen LogP contribution < -0.4 is 15.5 Å². The first kappa shape index (κ1) is 40.0. The van der Waals surface area contributed by atoms with Gasteiger partial charge in [-0.15, -0.1) is 11.3 Å². The van der Waals surface area contributed by atoms with Crippen LogP contribution in [0.2, 0.25) is 0 Å². The van der Waals surface area contributed by atoms with Gasteiger partial charge >= 0.3 is 5.79 Å². The zero-order valence-electron chi connectivity index (χ0n) is 32.3. The van der Waals surface area contributed by atoms with Gasteiger partial charge in [0.1, 0.15) is 17.2 Å². The number of phenolic OH excluding ortho intramolecular Hbond substituents is 1. The Labute approximate surface area is 323 Å². The van der Waals surface area contributed by atoms with E-state index in [2.05, 4.69) is 5.32 Å². The van der Waals surface area contributed by atoms with Gasteiger partial charge in [0.15, 0.2) is 0 Å². The Morgan fingerprint density at radius 3 is 2.29 bits per heavy atom. The van der Waals surface area contributed by atoms with Gasteiger partial charge in [-0.2, -0.15) is 0 Å². The number of fused-ring (bicyclic) bond motifs is 2. The molecule has 1 amide bonds. The summed E-state index contributed by atoms with van der Waals surface area (Å²) in [6, 6.07) is 5.62. The highest BCUT2D eigenvalue weighted by atomic mass is 32.1. The highest BCUT2D eigenvalue weighted by Crippen LogP contribution is 2.51. The van der Waals surface area contributed by atoms with E-state index in [-0.39, 0.29) is 44.6 Å². The molecule has 55 heavy (non-hydrogen) atoms. The lowest BCUT2D eigenvalue weighted by atomic mass is 9.78. The van der Waals surface area contributed by atoms with E-state index in [1.165, 1.54) is 44.6 Å². The molecule has 1 aliphatic carbocycles. The molecule has 2 aromatic rings. The summed E-state index contributed by atoms with van der Waals surface area (Å²) in [5, 5.41) is 48.1. The number of Topliss-reactive ketones (excluding diaryl/α,β-unsaturated/α-hetero) is 1. The van der Waals surface area contributed by atoms with Crippen molar-refractivity contribution in [2.24, 2.45) is 23.7 Å². The summed E-state index contributed by atoms with van der Waals surface area (Å²) in [6.45, 7) is 13.4. The molecule has 0 radical (unpaired) electrons. The van der Waals surface area contributed by atoms with Crippen LogP contribution >= 0.6 is 11.3 Å². The molecule has 292 valence electrons. The number of nitrogens with one attached hydrogen (secondary N) is 1. The largest absolute Gasteiger partial charge is 0.507 e. The van der Waals surface area contributed by atoms with Crippen LogP contribution in [0, 0.1) is 37.5 Å². The van der Waals surface area contributed by atoms with Crippen LogP contribution in [-0.2, 0) is 14.3 Å². The molecule has 0 saturated heterocycles. The van der Waals surface area contributed by atoms with E-state index in [0.717, 1.165) is 10.3 Å². The summed E-state index contributed by atoms with van der Waals surface area (Å²) < 4.78 is 18.6. The smallest absolute Gasteiger partial charge is 0.312 e. The van der Waals surface area contributed by atoms with E-state index in [1.807, 2.05) is 25.1 Å². The molecule has 13 heteroatoms. The van der Waals surface area contributed by atoms with Gasteiger partial charge in [-0.3, -0.25) is 14.4 Å². The monoisotopic (exact) mass is 772 g/mol. The first-order valence-electron chi connectivity index (χ1n) is 18.3. The molecule has 4 aliphatic rings. The lowest BCUT2D eigenvalue weighted by Crippen LogP contribution is -2.44. The number of ketones is 1. The number of rotatable bonds is 1. The lowest BCUT2D eigenvalue weighted by molar-refractivity contribution is -0.112. The van der Waals surface area contributed by atoms with E-state index >= 15 is 0 Å². The highest BCUT2D eigenvalue weighted by Gasteiger charge is 2.50. The number of aromatic hydroxyl groups is 1. The second kappa shape index (κ2) is 15.1. The van der Waals surface area contributed by atoms with Gasteiger partial charge in [0.05, 0.1) is 62.4 Å². The molecule has 3 heterocycles. The molecule has 0 spiro atoms. The normalized spacial score (nSPS) is 31.6. The molecule has 0 fully saturated rings. The number of phenols is 1. The predicted molar refractivity (Wildman–Crippen MR) is 212 cm³/mol. The molecule has 0 aromatic heterocycles. The fourth-order valence-corrected chi connectivity index (χ4v) is 8.69. The van der Waals surface area contributed by atoms with E-state index in [9.17, 15) is 34.8 Å². The third-order valence-electron chi connectivity index (χ3n) is 11.2. The van der Waals surface area contributed by atoms with Crippen LogP contribution in [0.15, 0.2) is 59.1 Å². The summed E-state index contributed by atoms with van der Waals surface area (Å²) in [6.07, 6.45) is 3.75. The van der Waals surface area contributed by atoms with Crippen molar-refractivity contribution in [3.05, 3.63) is 81.3 Å². The van der Waals surface area contributed by atoms with Crippen LogP contribution in [0.3, 0.4) is 0 Å². The van der Waals surface area contributed by atoms with Gasteiger partial charge in [-0.25, -0.2) is 4.98 Å². The van der Waals surface area contributed by atoms with E-state index in [4.69, 9.17) is 19.2 Å². The molecule has 5 N–H and O–H groups in total. The summed E-state index contributed by atoms with van der Waals surface area (Å²) in [5.74, 6) is -5.92. The van der Waals surface area contributed by atoms with Crippen molar-refractivity contribution in [1.29, 1.82) is 0 Å². The van der Waals surface area contributed by atoms with Crippen LogP contribution in [0.1, 0.15) is 63.0 Å². The number of amides is 1. The minimum Gasteiger partial charge on any atom is -0.507 e. The average Bonchev–Trinajstić information content (AvgIpc) is 3.42. The van der Waals surface area contributed by atoms with E-state index in [0.29, 0.717) is 10.4 Å². The Morgan fingerprint density at radius 1 is 0.927 bits per heavy atom. The number of hydrogen-bond acceptors (Lipinski definition) is 12. The predicted octanol–water partition coefficient (Wildman–Crippen LogP) is 6.16. The van der Waals surface area contributed by atoms with Crippen molar-refractivity contribution in [3.63, 3.8) is 0 Å². The summed E-state index contributed by atoms with van der Waals surface area (Å²) in [4.78, 5) is 48.0. The van der Waals surface area contributed by atoms with Crippen LogP contribution in [0.5, 0.6) is 11.5 Å².